The number of sulfone groups is 1. The normalized spacial score (nSPS) is 19.9. The number of rotatable bonds is 3. The Bertz CT molecular complexity index is 749. The van der Waals surface area contributed by atoms with Gasteiger partial charge in [0.25, 0.3) is 0 Å². The molecule has 0 saturated carbocycles. The monoisotopic (exact) mass is 352 g/mol. The predicted molar refractivity (Wildman–Crippen MR) is 86.3 cm³/mol. The van der Waals surface area contributed by atoms with Gasteiger partial charge in [0.05, 0.1) is 17.9 Å². The van der Waals surface area contributed by atoms with Gasteiger partial charge >= 0.3 is 6.09 Å². The van der Waals surface area contributed by atoms with E-state index in [0.29, 0.717) is 32.5 Å². The first kappa shape index (κ1) is 16.8. The van der Waals surface area contributed by atoms with Gasteiger partial charge in [-0.05, 0) is 17.7 Å². The van der Waals surface area contributed by atoms with Crippen LogP contribution in [0.25, 0.3) is 0 Å². The number of hydrogen-bond acceptors (Lipinski definition) is 5. The number of nitrogens with zero attached hydrogens (tertiary/aromatic N) is 1. The molecule has 24 heavy (non-hydrogen) atoms. The summed E-state index contributed by atoms with van der Waals surface area (Å²) in [6.07, 6.45) is 2.26. The van der Waals surface area contributed by atoms with Crippen LogP contribution in [0.5, 0.6) is 0 Å². The molecule has 0 radical (unpaired) electrons. The third-order valence-corrected chi connectivity index (χ3v) is 5.73. The van der Waals surface area contributed by atoms with E-state index in [0.717, 1.165) is 11.8 Å². The van der Waals surface area contributed by atoms with Gasteiger partial charge in [0.15, 0.2) is 9.84 Å². The number of carbonyl (C=O) groups excluding carboxylic acids is 2. The number of amides is 2. The molecule has 2 fully saturated rings. The van der Waals surface area contributed by atoms with Crippen LogP contribution in [0.1, 0.15) is 18.4 Å². The lowest BCUT2D eigenvalue weighted by molar-refractivity contribution is -0.133. The second-order valence-electron chi connectivity index (χ2n) is 6.40. The van der Waals surface area contributed by atoms with Crippen LogP contribution in [0.15, 0.2) is 29.2 Å². The fourth-order valence-corrected chi connectivity index (χ4v) is 3.72. The molecule has 1 N–H and O–H groups in total. The quantitative estimate of drug-likeness (QED) is 0.866. The molecule has 2 amide bonds. The van der Waals surface area contributed by atoms with E-state index in [1.165, 1.54) is 12.1 Å². The Balaban J connectivity index is 1.57. The average Bonchev–Trinajstić information content (AvgIpc) is 2.88. The van der Waals surface area contributed by atoms with E-state index in [2.05, 4.69) is 5.32 Å². The second kappa shape index (κ2) is 6.08. The lowest BCUT2D eigenvalue weighted by Crippen LogP contribution is -2.48. The Kier molecular flexibility index (Phi) is 4.25. The number of hydrogen-bond donors (Lipinski definition) is 1. The highest BCUT2D eigenvalue weighted by Gasteiger charge is 2.43. The van der Waals surface area contributed by atoms with E-state index in [1.807, 2.05) is 0 Å². The zero-order valence-electron chi connectivity index (χ0n) is 13.4. The molecule has 0 aromatic heterocycles. The van der Waals surface area contributed by atoms with Crippen molar-refractivity contribution in [3.8, 4) is 0 Å². The van der Waals surface area contributed by atoms with Crippen molar-refractivity contribution in [3.05, 3.63) is 29.8 Å². The number of benzene rings is 1. The summed E-state index contributed by atoms with van der Waals surface area (Å²) in [4.78, 5) is 25.6. The molecule has 1 spiro atoms. The van der Waals surface area contributed by atoms with Gasteiger partial charge in [-0.25, -0.2) is 13.2 Å². The minimum Gasteiger partial charge on any atom is -0.441 e. The number of alkyl carbamates (subject to hydrolysis) is 1. The summed E-state index contributed by atoms with van der Waals surface area (Å²) in [5, 5.41) is 2.67. The summed E-state index contributed by atoms with van der Waals surface area (Å²) in [6, 6.07) is 6.38. The maximum Gasteiger partial charge on any atom is 0.407 e. The fraction of sp³-hybridized carbons (Fsp3) is 0.500. The van der Waals surface area contributed by atoms with E-state index in [9.17, 15) is 18.0 Å². The van der Waals surface area contributed by atoms with Gasteiger partial charge in [0.2, 0.25) is 5.91 Å². The highest BCUT2D eigenvalue weighted by Crippen LogP contribution is 2.29. The molecule has 0 bridgehead atoms. The summed E-state index contributed by atoms with van der Waals surface area (Å²) in [5.41, 5.74) is 0.312. The first-order valence-electron chi connectivity index (χ1n) is 7.81. The van der Waals surface area contributed by atoms with Crippen LogP contribution in [-0.2, 0) is 25.8 Å². The zero-order valence-corrected chi connectivity index (χ0v) is 14.3. The number of ether oxygens (including phenoxy) is 1. The zero-order chi connectivity index (χ0) is 17.4. The predicted octanol–water partition coefficient (Wildman–Crippen LogP) is 0.734. The molecule has 3 rings (SSSR count). The van der Waals surface area contributed by atoms with Crippen molar-refractivity contribution in [2.45, 2.75) is 29.8 Å². The summed E-state index contributed by atoms with van der Waals surface area (Å²) in [7, 11) is -3.23. The summed E-state index contributed by atoms with van der Waals surface area (Å²) in [6.45, 7) is 1.60. The molecule has 2 saturated heterocycles. The summed E-state index contributed by atoms with van der Waals surface area (Å²) >= 11 is 0. The smallest absolute Gasteiger partial charge is 0.407 e. The van der Waals surface area contributed by atoms with Crippen molar-refractivity contribution in [2.75, 3.05) is 25.9 Å². The van der Waals surface area contributed by atoms with Crippen LogP contribution in [0.2, 0.25) is 0 Å². The van der Waals surface area contributed by atoms with E-state index in [1.54, 1.807) is 17.0 Å². The molecule has 0 aliphatic carbocycles. The van der Waals surface area contributed by atoms with E-state index < -0.39 is 15.4 Å². The van der Waals surface area contributed by atoms with Crippen molar-refractivity contribution in [1.82, 2.24) is 10.2 Å². The van der Waals surface area contributed by atoms with E-state index >= 15 is 0 Å². The van der Waals surface area contributed by atoms with Crippen molar-refractivity contribution < 1.29 is 22.7 Å². The van der Waals surface area contributed by atoms with E-state index in [4.69, 9.17) is 4.74 Å². The minimum atomic E-state index is -3.23. The van der Waals surface area contributed by atoms with Crippen LogP contribution >= 0.6 is 0 Å². The third-order valence-electron chi connectivity index (χ3n) is 4.60. The first-order valence-corrected chi connectivity index (χ1v) is 9.70. The molecule has 2 heterocycles. The van der Waals surface area contributed by atoms with Gasteiger partial charge in [-0.1, -0.05) is 12.1 Å². The standard InChI is InChI=1S/C16H20N2O5S/c1-24(21,22)13-4-2-12(3-5-13)10-14(19)18-8-6-16(7-9-18)11-17-15(20)23-16/h2-5H,6-11H2,1H3,(H,17,20). The SMILES string of the molecule is CS(=O)(=O)c1ccc(CC(=O)N2CCC3(CC2)CNC(=O)O3)cc1. The molecule has 0 unspecified atom stereocenters. The van der Waals surface area contributed by atoms with Crippen LogP contribution in [-0.4, -0.2) is 56.8 Å². The Morgan fingerprint density at radius 3 is 2.38 bits per heavy atom. The number of likely N-dealkylation sites (tertiary alicyclic amines) is 1. The Labute approximate surface area is 140 Å². The average molecular weight is 352 g/mol. The minimum absolute atomic E-state index is 0.00533. The highest BCUT2D eigenvalue weighted by molar-refractivity contribution is 7.90. The van der Waals surface area contributed by atoms with Crippen LogP contribution in [0, 0.1) is 0 Å². The molecule has 0 atom stereocenters. The Morgan fingerprint density at radius 2 is 1.88 bits per heavy atom. The molecule has 2 aliphatic rings. The Morgan fingerprint density at radius 1 is 1.25 bits per heavy atom. The first-order chi connectivity index (χ1) is 11.3. The second-order valence-corrected chi connectivity index (χ2v) is 8.42. The molecule has 130 valence electrons. The van der Waals surface area contributed by atoms with Gasteiger partial charge in [-0.3, -0.25) is 4.79 Å². The largest absolute Gasteiger partial charge is 0.441 e. The van der Waals surface area contributed by atoms with Gasteiger partial charge in [-0.2, -0.15) is 0 Å². The summed E-state index contributed by atoms with van der Waals surface area (Å²) in [5.74, 6) is -0.00533. The topological polar surface area (TPSA) is 92.8 Å². The lowest BCUT2D eigenvalue weighted by atomic mass is 9.91. The highest BCUT2D eigenvalue weighted by atomic mass is 32.2. The Hall–Kier alpha value is -2.09. The molecular weight excluding hydrogens is 332 g/mol. The van der Waals surface area contributed by atoms with Crippen molar-refractivity contribution >= 4 is 21.8 Å². The van der Waals surface area contributed by atoms with Crippen LogP contribution in [0.3, 0.4) is 0 Å². The third kappa shape index (κ3) is 3.53. The fourth-order valence-electron chi connectivity index (χ4n) is 3.09. The van der Waals surface area contributed by atoms with Gasteiger partial charge < -0.3 is 15.0 Å². The molecule has 1 aromatic carbocycles. The van der Waals surface area contributed by atoms with Gasteiger partial charge in [0, 0.05) is 32.2 Å². The van der Waals surface area contributed by atoms with Crippen LogP contribution < -0.4 is 5.32 Å². The van der Waals surface area contributed by atoms with Crippen molar-refractivity contribution in [3.63, 3.8) is 0 Å². The van der Waals surface area contributed by atoms with Crippen molar-refractivity contribution in [1.29, 1.82) is 0 Å². The number of nitrogens with one attached hydrogen (secondary N) is 1. The van der Waals surface area contributed by atoms with Gasteiger partial charge in [-0.15, -0.1) is 0 Å². The number of piperidine rings is 1. The summed E-state index contributed by atoms with van der Waals surface area (Å²) < 4.78 is 28.2. The van der Waals surface area contributed by atoms with Crippen molar-refractivity contribution in [2.24, 2.45) is 0 Å². The number of carbonyl (C=O) groups is 2. The molecule has 2 aliphatic heterocycles. The lowest BCUT2D eigenvalue weighted by Gasteiger charge is -2.37. The maximum absolute atomic E-state index is 12.4. The van der Waals surface area contributed by atoms with Crippen LogP contribution in [0.4, 0.5) is 4.79 Å². The molecule has 1 aromatic rings. The van der Waals surface area contributed by atoms with Gasteiger partial charge in [0.1, 0.15) is 5.60 Å². The molecule has 8 heteroatoms. The van der Waals surface area contributed by atoms with E-state index in [-0.39, 0.29) is 23.3 Å². The maximum atomic E-state index is 12.4. The molecule has 7 nitrogen and oxygen atoms in total. The molecular formula is C16H20N2O5S.